The van der Waals surface area contributed by atoms with Crippen LogP contribution in [0.2, 0.25) is 0 Å². The Morgan fingerprint density at radius 2 is 1.74 bits per heavy atom. The minimum Gasteiger partial charge on any atom is -0.207 e. The summed E-state index contributed by atoms with van der Waals surface area (Å²) in [5.74, 6) is 0.534. The number of rotatable bonds is 5. The number of benzene rings is 1. The van der Waals surface area contributed by atoms with Gasteiger partial charge in [-0.1, -0.05) is 44.4 Å². The van der Waals surface area contributed by atoms with Crippen LogP contribution >= 0.6 is 0 Å². The van der Waals surface area contributed by atoms with Gasteiger partial charge in [0.05, 0.1) is 4.90 Å². The third-order valence-electron chi connectivity index (χ3n) is 3.92. The molecule has 1 aliphatic rings. The minimum atomic E-state index is -3.32. The predicted octanol–water partition coefficient (Wildman–Crippen LogP) is 3.28. The summed E-state index contributed by atoms with van der Waals surface area (Å²) in [4.78, 5) is 0.410. The molecule has 1 saturated carbocycles. The van der Waals surface area contributed by atoms with Gasteiger partial charge in [-0.25, -0.2) is 8.42 Å². The van der Waals surface area contributed by atoms with Crippen LogP contribution < -0.4 is 0 Å². The Hall–Kier alpha value is -0.870. The molecule has 1 fully saturated rings. The first kappa shape index (κ1) is 14.5. The molecular formula is C15H23NO2S. The van der Waals surface area contributed by atoms with E-state index in [4.69, 9.17) is 0 Å². The summed E-state index contributed by atoms with van der Waals surface area (Å²) >= 11 is 0. The van der Waals surface area contributed by atoms with Crippen LogP contribution in [0.3, 0.4) is 0 Å². The summed E-state index contributed by atoms with van der Waals surface area (Å²) in [5, 5.41) is 0. The molecule has 0 aromatic heterocycles. The van der Waals surface area contributed by atoms with Crippen LogP contribution in [0, 0.1) is 5.92 Å². The van der Waals surface area contributed by atoms with Crippen LogP contribution in [-0.4, -0.2) is 25.8 Å². The number of sulfonamides is 1. The standard InChI is InChI=1S/C15H23NO2S/c1-2-16(13-14-9-5-3-6-10-14)19(17,18)15-11-7-4-8-12-15/h4,7-8,11-12,14H,2-3,5-6,9-10,13H2,1H3. The monoisotopic (exact) mass is 281 g/mol. The van der Waals surface area contributed by atoms with Crippen molar-refractivity contribution in [1.29, 1.82) is 0 Å². The van der Waals surface area contributed by atoms with Crippen LogP contribution in [-0.2, 0) is 10.0 Å². The molecule has 1 aromatic rings. The Morgan fingerprint density at radius 1 is 1.11 bits per heavy atom. The lowest BCUT2D eigenvalue weighted by atomic mass is 9.89. The highest BCUT2D eigenvalue weighted by Crippen LogP contribution is 2.26. The zero-order chi connectivity index (χ0) is 13.7. The van der Waals surface area contributed by atoms with Gasteiger partial charge in [0.2, 0.25) is 10.0 Å². The molecule has 1 aromatic carbocycles. The van der Waals surface area contributed by atoms with Crippen molar-refractivity contribution in [2.75, 3.05) is 13.1 Å². The van der Waals surface area contributed by atoms with Crippen molar-refractivity contribution in [2.24, 2.45) is 5.92 Å². The molecule has 0 heterocycles. The van der Waals surface area contributed by atoms with Crippen molar-refractivity contribution < 1.29 is 8.42 Å². The predicted molar refractivity (Wildman–Crippen MR) is 77.4 cm³/mol. The number of hydrogen-bond donors (Lipinski definition) is 0. The molecule has 0 radical (unpaired) electrons. The molecule has 4 heteroatoms. The van der Waals surface area contributed by atoms with Gasteiger partial charge >= 0.3 is 0 Å². The van der Waals surface area contributed by atoms with Crippen molar-refractivity contribution in [3.63, 3.8) is 0 Å². The van der Waals surface area contributed by atoms with Gasteiger partial charge in [-0.15, -0.1) is 0 Å². The number of nitrogens with zero attached hydrogens (tertiary/aromatic N) is 1. The topological polar surface area (TPSA) is 37.4 Å². The Kier molecular flexibility index (Phi) is 4.99. The zero-order valence-corrected chi connectivity index (χ0v) is 12.4. The minimum absolute atomic E-state index is 0.410. The summed E-state index contributed by atoms with van der Waals surface area (Å²) in [6, 6.07) is 8.76. The molecule has 2 rings (SSSR count). The van der Waals surface area contributed by atoms with Crippen molar-refractivity contribution in [3.05, 3.63) is 30.3 Å². The normalized spacial score (nSPS) is 17.8. The van der Waals surface area contributed by atoms with E-state index in [-0.39, 0.29) is 0 Å². The van der Waals surface area contributed by atoms with Crippen LogP contribution in [0.4, 0.5) is 0 Å². The summed E-state index contributed by atoms with van der Waals surface area (Å²) in [6.07, 6.45) is 6.12. The van der Waals surface area contributed by atoms with Gasteiger partial charge in [0, 0.05) is 13.1 Å². The van der Waals surface area contributed by atoms with Gasteiger partial charge in [0.25, 0.3) is 0 Å². The van der Waals surface area contributed by atoms with Crippen molar-refractivity contribution in [2.45, 2.75) is 43.9 Å². The van der Waals surface area contributed by atoms with E-state index < -0.39 is 10.0 Å². The van der Waals surface area contributed by atoms with E-state index in [1.54, 1.807) is 28.6 Å². The lowest BCUT2D eigenvalue weighted by Gasteiger charge is -2.28. The van der Waals surface area contributed by atoms with Gasteiger partial charge in [-0.3, -0.25) is 0 Å². The SMILES string of the molecule is CCN(CC1CCCCC1)S(=O)(=O)c1ccccc1. The first-order chi connectivity index (χ1) is 9.14. The van der Waals surface area contributed by atoms with E-state index in [1.807, 2.05) is 13.0 Å². The van der Waals surface area contributed by atoms with Crippen LogP contribution in [0.25, 0.3) is 0 Å². The molecule has 3 nitrogen and oxygen atoms in total. The largest absolute Gasteiger partial charge is 0.243 e. The molecule has 0 spiro atoms. The van der Waals surface area contributed by atoms with Crippen molar-refractivity contribution >= 4 is 10.0 Å². The molecular weight excluding hydrogens is 258 g/mol. The second-order valence-electron chi connectivity index (χ2n) is 5.27. The second kappa shape index (κ2) is 6.53. The maximum absolute atomic E-state index is 12.6. The highest BCUT2D eigenvalue weighted by molar-refractivity contribution is 7.89. The van der Waals surface area contributed by atoms with Gasteiger partial charge < -0.3 is 0 Å². The molecule has 0 bridgehead atoms. The second-order valence-corrected chi connectivity index (χ2v) is 7.21. The molecule has 0 atom stereocenters. The fraction of sp³-hybridized carbons (Fsp3) is 0.600. The van der Waals surface area contributed by atoms with Crippen LogP contribution in [0.5, 0.6) is 0 Å². The quantitative estimate of drug-likeness (QED) is 0.830. The molecule has 0 unspecified atom stereocenters. The molecule has 19 heavy (non-hydrogen) atoms. The first-order valence-electron chi connectivity index (χ1n) is 7.20. The first-order valence-corrected chi connectivity index (χ1v) is 8.64. The Bertz CT molecular complexity index is 478. The lowest BCUT2D eigenvalue weighted by Crippen LogP contribution is -2.35. The Morgan fingerprint density at radius 3 is 2.32 bits per heavy atom. The maximum atomic E-state index is 12.6. The molecule has 0 aliphatic heterocycles. The lowest BCUT2D eigenvalue weighted by molar-refractivity contribution is 0.284. The molecule has 106 valence electrons. The Labute approximate surface area is 116 Å². The summed E-state index contributed by atoms with van der Waals surface area (Å²) in [7, 11) is -3.32. The molecule has 0 saturated heterocycles. The fourth-order valence-electron chi connectivity index (χ4n) is 2.80. The van der Waals surface area contributed by atoms with E-state index in [9.17, 15) is 8.42 Å². The van der Waals surface area contributed by atoms with Crippen molar-refractivity contribution in [3.8, 4) is 0 Å². The van der Waals surface area contributed by atoms with Crippen LogP contribution in [0.15, 0.2) is 35.2 Å². The maximum Gasteiger partial charge on any atom is 0.243 e. The van der Waals surface area contributed by atoms with E-state index >= 15 is 0 Å². The van der Waals surface area contributed by atoms with E-state index in [2.05, 4.69) is 0 Å². The summed E-state index contributed by atoms with van der Waals surface area (Å²) in [5.41, 5.74) is 0. The van der Waals surface area contributed by atoms with Gasteiger partial charge in [0.1, 0.15) is 0 Å². The van der Waals surface area contributed by atoms with E-state index in [1.165, 1.54) is 32.1 Å². The molecule has 0 amide bonds. The average Bonchev–Trinajstić information content (AvgIpc) is 2.46. The summed E-state index contributed by atoms with van der Waals surface area (Å²) < 4.78 is 26.8. The van der Waals surface area contributed by atoms with Crippen molar-refractivity contribution in [1.82, 2.24) is 4.31 Å². The van der Waals surface area contributed by atoms with Gasteiger partial charge in [-0.05, 0) is 30.9 Å². The third kappa shape index (κ3) is 3.57. The van der Waals surface area contributed by atoms with Gasteiger partial charge in [-0.2, -0.15) is 4.31 Å². The zero-order valence-electron chi connectivity index (χ0n) is 11.6. The molecule has 1 aliphatic carbocycles. The fourth-order valence-corrected chi connectivity index (χ4v) is 4.34. The smallest absolute Gasteiger partial charge is 0.207 e. The molecule has 0 N–H and O–H groups in total. The van der Waals surface area contributed by atoms with Crippen LogP contribution in [0.1, 0.15) is 39.0 Å². The van der Waals surface area contributed by atoms with Gasteiger partial charge in [0.15, 0.2) is 0 Å². The third-order valence-corrected chi connectivity index (χ3v) is 5.88. The average molecular weight is 281 g/mol. The highest BCUT2D eigenvalue weighted by atomic mass is 32.2. The highest BCUT2D eigenvalue weighted by Gasteiger charge is 2.26. The summed E-state index contributed by atoms with van der Waals surface area (Å²) in [6.45, 7) is 3.14. The Balaban J connectivity index is 2.12. The van der Waals surface area contributed by atoms with E-state index in [0.29, 0.717) is 23.9 Å². The number of hydrogen-bond acceptors (Lipinski definition) is 2. The van der Waals surface area contributed by atoms with E-state index in [0.717, 1.165) is 0 Å².